The number of carbonyl (C=O) groups is 1. The summed E-state index contributed by atoms with van der Waals surface area (Å²) in [4.78, 5) is 32.3. The second kappa shape index (κ2) is 17.2. The van der Waals surface area contributed by atoms with Crippen LogP contribution in [0.4, 0.5) is 22.2 Å². The summed E-state index contributed by atoms with van der Waals surface area (Å²) in [5.41, 5.74) is 5.48. The third-order valence-electron chi connectivity index (χ3n) is 10.5. The molecule has 0 bridgehead atoms. The molecule has 4 heterocycles. The van der Waals surface area contributed by atoms with E-state index in [1.807, 2.05) is 48.5 Å². The molecule has 2 fully saturated rings. The van der Waals surface area contributed by atoms with E-state index in [0.717, 1.165) is 98.2 Å². The third-order valence-corrected chi connectivity index (χ3v) is 10.5. The van der Waals surface area contributed by atoms with Gasteiger partial charge in [-0.05, 0) is 42.0 Å². The highest BCUT2D eigenvalue weighted by atomic mass is 16.6. The van der Waals surface area contributed by atoms with Crippen LogP contribution in [0.1, 0.15) is 28.8 Å². The molecule has 0 aliphatic carbocycles. The molecule has 0 unspecified atom stereocenters. The van der Waals surface area contributed by atoms with Crippen LogP contribution in [0.15, 0.2) is 97.1 Å². The quantitative estimate of drug-likeness (QED) is 0.146. The SMILES string of the molecule is O=C(OCc1ccccc1)N1CCN(c2nc(NCCCN3CCOCC3)nc3c2CCN(c2cc(OCc4ccccc4)cc4ccccc24)C3)CC1. The summed E-state index contributed by atoms with van der Waals surface area (Å²) in [5.74, 6) is 2.48. The zero-order valence-corrected chi connectivity index (χ0v) is 30.9. The van der Waals surface area contributed by atoms with Crippen LogP contribution in [0.5, 0.6) is 5.75 Å². The van der Waals surface area contributed by atoms with Gasteiger partial charge in [-0.2, -0.15) is 4.98 Å². The monoisotopic (exact) mass is 727 g/mol. The van der Waals surface area contributed by atoms with Crippen molar-refractivity contribution in [1.82, 2.24) is 19.8 Å². The lowest BCUT2D eigenvalue weighted by Crippen LogP contribution is -2.49. The second-order valence-electron chi connectivity index (χ2n) is 14.2. The fourth-order valence-electron chi connectivity index (χ4n) is 7.55. The first-order valence-electron chi connectivity index (χ1n) is 19.2. The van der Waals surface area contributed by atoms with Crippen molar-refractivity contribution in [2.45, 2.75) is 32.6 Å². The molecule has 5 aromatic rings. The Balaban J connectivity index is 1.00. The maximum Gasteiger partial charge on any atom is 0.410 e. The molecule has 0 saturated carbocycles. The van der Waals surface area contributed by atoms with Gasteiger partial charge in [-0.15, -0.1) is 0 Å². The Morgan fingerprint density at radius 2 is 1.48 bits per heavy atom. The number of hydrogen-bond acceptors (Lipinski definition) is 10. The second-order valence-corrected chi connectivity index (χ2v) is 14.2. The number of hydrogen-bond donors (Lipinski definition) is 1. The molecule has 3 aliphatic heterocycles. The van der Waals surface area contributed by atoms with Crippen molar-refractivity contribution in [2.24, 2.45) is 0 Å². The normalized spacial score (nSPS) is 16.3. The number of morpholine rings is 1. The highest BCUT2D eigenvalue weighted by Crippen LogP contribution is 2.37. The molecular weight excluding hydrogens is 679 g/mol. The maximum absolute atomic E-state index is 13.0. The molecule has 11 heteroatoms. The minimum atomic E-state index is -0.274. The number of fused-ring (bicyclic) bond motifs is 2. The van der Waals surface area contributed by atoms with E-state index in [-0.39, 0.29) is 12.7 Å². The Morgan fingerprint density at radius 1 is 0.759 bits per heavy atom. The molecule has 1 N–H and O–H groups in total. The molecule has 54 heavy (non-hydrogen) atoms. The largest absolute Gasteiger partial charge is 0.489 e. The fraction of sp³-hybridized carbons (Fsp3) is 0.372. The third kappa shape index (κ3) is 8.69. The number of ether oxygens (including phenoxy) is 3. The zero-order chi connectivity index (χ0) is 36.5. The average molecular weight is 728 g/mol. The minimum absolute atomic E-state index is 0.272. The van der Waals surface area contributed by atoms with Crippen LogP contribution in [-0.4, -0.2) is 98.0 Å². The van der Waals surface area contributed by atoms with E-state index >= 15 is 0 Å². The molecule has 0 atom stereocenters. The summed E-state index contributed by atoms with van der Waals surface area (Å²) < 4.78 is 17.5. The first kappa shape index (κ1) is 35.6. The van der Waals surface area contributed by atoms with Gasteiger partial charge in [0.1, 0.15) is 24.8 Å². The van der Waals surface area contributed by atoms with E-state index in [9.17, 15) is 4.79 Å². The Bertz CT molecular complexity index is 2000. The van der Waals surface area contributed by atoms with Crippen molar-refractivity contribution in [1.29, 1.82) is 0 Å². The summed E-state index contributed by atoms with van der Waals surface area (Å²) in [5, 5.41) is 5.91. The molecule has 3 aliphatic rings. The van der Waals surface area contributed by atoms with Crippen LogP contribution >= 0.6 is 0 Å². The van der Waals surface area contributed by atoms with Gasteiger partial charge < -0.3 is 34.2 Å². The molecule has 280 valence electrons. The van der Waals surface area contributed by atoms with Gasteiger partial charge in [-0.1, -0.05) is 84.9 Å². The van der Waals surface area contributed by atoms with Gasteiger partial charge in [0.15, 0.2) is 0 Å². The number of anilines is 3. The van der Waals surface area contributed by atoms with Gasteiger partial charge in [0.2, 0.25) is 5.95 Å². The number of carbonyl (C=O) groups excluding carboxylic acids is 1. The molecule has 1 aromatic heterocycles. The van der Waals surface area contributed by atoms with Crippen LogP contribution in [0.25, 0.3) is 10.8 Å². The first-order chi connectivity index (χ1) is 26.7. The number of aromatic nitrogens is 2. The topological polar surface area (TPSA) is 95.5 Å². The summed E-state index contributed by atoms with van der Waals surface area (Å²) in [6.45, 7) is 10.1. The smallest absolute Gasteiger partial charge is 0.410 e. The van der Waals surface area contributed by atoms with E-state index in [4.69, 9.17) is 24.2 Å². The Morgan fingerprint density at radius 3 is 2.26 bits per heavy atom. The summed E-state index contributed by atoms with van der Waals surface area (Å²) >= 11 is 0. The maximum atomic E-state index is 13.0. The summed E-state index contributed by atoms with van der Waals surface area (Å²) in [6.07, 6.45) is 1.53. The number of benzene rings is 4. The molecule has 0 radical (unpaired) electrons. The average Bonchev–Trinajstić information content (AvgIpc) is 3.24. The van der Waals surface area contributed by atoms with Gasteiger partial charge in [0.25, 0.3) is 0 Å². The Labute approximate surface area is 317 Å². The van der Waals surface area contributed by atoms with Crippen molar-refractivity contribution < 1.29 is 19.0 Å². The van der Waals surface area contributed by atoms with Crippen LogP contribution in [-0.2, 0) is 35.7 Å². The van der Waals surface area contributed by atoms with E-state index in [1.54, 1.807) is 4.90 Å². The van der Waals surface area contributed by atoms with E-state index in [2.05, 4.69) is 68.5 Å². The predicted molar refractivity (Wildman–Crippen MR) is 212 cm³/mol. The molecule has 2 saturated heterocycles. The number of amides is 1. The summed E-state index contributed by atoms with van der Waals surface area (Å²) in [6, 6.07) is 32.9. The van der Waals surface area contributed by atoms with Gasteiger partial charge >= 0.3 is 6.09 Å². The number of nitrogens with one attached hydrogen (secondary N) is 1. The number of piperazine rings is 1. The Kier molecular flexibility index (Phi) is 11.3. The standard InChI is InChI=1S/C43H49N7O4/c51-43(54-32-34-12-5-2-6-13-34)49-22-20-48(21-23-49)41-38-16-19-50(30-39(38)45-42(46-41)44-17-9-18-47-24-26-52-27-25-47)40-29-36(28-35-14-7-8-15-37(35)40)53-31-33-10-3-1-4-11-33/h1-8,10-15,28-29H,9,16-27,30-32H2,(H,44,45,46). The molecule has 8 rings (SSSR count). The minimum Gasteiger partial charge on any atom is -0.489 e. The number of rotatable bonds is 12. The van der Waals surface area contributed by atoms with Crippen LogP contribution in [0.3, 0.4) is 0 Å². The van der Waals surface area contributed by atoms with Gasteiger partial charge in [-0.25, -0.2) is 9.78 Å². The fourth-order valence-corrected chi connectivity index (χ4v) is 7.55. The van der Waals surface area contributed by atoms with Gasteiger partial charge in [0.05, 0.1) is 25.5 Å². The van der Waals surface area contributed by atoms with Crippen LogP contribution in [0.2, 0.25) is 0 Å². The summed E-state index contributed by atoms with van der Waals surface area (Å²) in [7, 11) is 0. The highest BCUT2D eigenvalue weighted by molar-refractivity contribution is 5.96. The van der Waals surface area contributed by atoms with Crippen LogP contribution < -0.4 is 19.9 Å². The molecule has 11 nitrogen and oxygen atoms in total. The lowest BCUT2D eigenvalue weighted by Gasteiger charge is -2.38. The lowest BCUT2D eigenvalue weighted by atomic mass is 10.0. The molecular formula is C43H49N7O4. The van der Waals surface area contributed by atoms with E-state index < -0.39 is 0 Å². The van der Waals surface area contributed by atoms with Gasteiger partial charge in [0, 0.05) is 75.1 Å². The lowest BCUT2D eigenvalue weighted by molar-refractivity contribution is 0.0378. The molecule has 0 spiro atoms. The first-order valence-corrected chi connectivity index (χ1v) is 19.2. The zero-order valence-electron chi connectivity index (χ0n) is 30.9. The van der Waals surface area contributed by atoms with Crippen molar-refractivity contribution in [2.75, 3.05) is 87.2 Å². The Hall–Kier alpha value is -5.39. The van der Waals surface area contributed by atoms with E-state index in [1.165, 1.54) is 10.9 Å². The van der Waals surface area contributed by atoms with Gasteiger partial charge in [-0.3, -0.25) is 4.90 Å². The molecule has 1 amide bonds. The van der Waals surface area contributed by atoms with E-state index in [0.29, 0.717) is 45.3 Å². The van der Waals surface area contributed by atoms with Crippen molar-refractivity contribution in [3.05, 3.63) is 119 Å². The van der Waals surface area contributed by atoms with Crippen molar-refractivity contribution >= 4 is 34.3 Å². The molecule has 4 aromatic carbocycles. The van der Waals surface area contributed by atoms with Crippen LogP contribution in [0, 0.1) is 0 Å². The highest BCUT2D eigenvalue weighted by Gasteiger charge is 2.30. The number of nitrogens with zero attached hydrogens (tertiary/aromatic N) is 6. The van der Waals surface area contributed by atoms with Crippen molar-refractivity contribution in [3.63, 3.8) is 0 Å². The predicted octanol–water partition coefficient (Wildman–Crippen LogP) is 6.36. The van der Waals surface area contributed by atoms with Crippen molar-refractivity contribution in [3.8, 4) is 5.75 Å².